The van der Waals surface area contributed by atoms with E-state index < -0.39 is 0 Å². The second kappa shape index (κ2) is 3.32. The third kappa shape index (κ3) is 1.79. The van der Waals surface area contributed by atoms with E-state index in [1.54, 1.807) is 0 Å². The van der Waals surface area contributed by atoms with Crippen LogP contribution in [-0.4, -0.2) is 48.0 Å². The van der Waals surface area contributed by atoms with E-state index in [0.717, 1.165) is 19.6 Å². The Morgan fingerprint density at radius 1 is 1.42 bits per heavy atom. The fraction of sp³-hybridized carbons (Fsp3) is 1.00. The summed E-state index contributed by atoms with van der Waals surface area (Å²) in [5, 5.41) is 9.22. The highest BCUT2D eigenvalue weighted by Gasteiger charge is 2.33. The predicted molar refractivity (Wildman–Crippen MR) is 46.0 cm³/mol. The van der Waals surface area contributed by atoms with Crippen LogP contribution < -0.4 is 0 Å². The third-order valence-corrected chi connectivity index (χ3v) is 2.64. The summed E-state index contributed by atoms with van der Waals surface area (Å²) in [6.07, 6.45) is 3.11. The molecular formula is C9H17NO2. The summed E-state index contributed by atoms with van der Waals surface area (Å²) in [7, 11) is 0. The summed E-state index contributed by atoms with van der Waals surface area (Å²) >= 11 is 0. The van der Waals surface area contributed by atoms with Crippen molar-refractivity contribution in [2.75, 3.05) is 19.6 Å². The molecule has 3 heteroatoms. The molecule has 0 spiro atoms. The predicted octanol–water partition coefficient (Wildman–Crippen LogP) is 0.230. The summed E-state index contributed by atoms with van der Waals surface area (Å²) in [5.74, 6) is 0. The monoisotopic (exact) mass is 171 g/mol. The van der Waals surface area contributed by atoms with Crippen molar-refractivity contribution in [2.45, 2.75) is 38.1 Å². The average molecular weight is 171 g/mol. The zero-order valence-electron chi connectivity index (χ0n) is 7.57. The minimum Gasteiger partial charge on any atom is -0.392 e. The van der Waals surface area contributed by atoms with Crippen molar-refractivity contribution in [1.82, 2.24) is 4.90 Å². The van der Waals surface area contributed by atoms with Gasteiger partial charge in [-0.1, -0.05) is 0 Å². The van der Waals surface area contributed by atoms with Gasteiger partial charge in [0.05, 0.1) is 18.3 Å². The van der Waals surface area contributed by atoms with Crippen molar-refractivity contribution in [1.29, 1.82) is 0 Å². The first-order chi connectivity index (χ1) is 5.74. The summed E-state index contributed by atoms with van der Waals surface area (Å²) in [4.78, 5) is 2.32. The molecule has 0 aromatic rings. The minimum atomic E-state index is -0.206. The van der Waals surface area contributed by atoms with Crippen LogP contribution in [0.5, 0.6) is 0 Å². The fourth-order valence-corrected chi connectivity index (χ4v) is 2.22. The molecular weight excluding hydrogens is 154 g/mol. The topological polar surface area (TPSA) is 32.7 Å². The maximum Gasteiger partial charge on any atom is 0.0707 e. The molecule has 2 bridgehead atoms. The lowest BCUT2D eigenvalue weighted by molar-refractivity contribution is -0.0478. The molecule has 2 aliphatic heterocycles. The van der Waals surface area contributed by atoms with Crippen molar-refractivity contribution >= 4 is 0 Å². The summed E-state index contributed by atoms with van der Waals surface area (Å²) in [5.41, 5.74) is 0. The SMILES string of the molecule is C[C@@H](O)CN1CC2CCC(C1)O2. The van der Waals surface area contributed by atoms with Gasteiger partial charge in [-0.05, 0) is 19.8 Å². The number of β-amino-alcohol motifs (C(OH)–C–C–N with tert-alkyl or cyclic N) is 1. The fourth-order valence-electron chi connectivity index (χ4n) is 2.22. The van der Waals surface area contributed by atoms with Crippen LogP contribution in [0.1, 0.15) is 19.8 Å². The Bertz CT molecular complexity index is 149. The smallest absolute Gasteiger partial charge is 0.0707 e. The summed E-state index contributed by atoms with van der Waals surface area (Å²) in [6.45, 7) is 4.68. The van der Waals surface area contributed by atoms with E-state index in [1.165, 1.54) is 12.8 Å². The van der Waals surface area contributed by atoms with Gasteiger partial charge in [0, 0.05) is 19.6 Å². The zero-order chi connectivity index (χ0) is 8.55. The van der Waals surface area contributed by atoms with Gasteiger partial charge in [-0.2, -0.15) is 0 Å². The molecule has 70 valence electrons. The molecule has 3 nitrogen and oxygen atoms in total. The first-order valence-corrected chi connectivity index (χ1v) is 4.80. The van der Waals surface area contributed by atoms with Crippen molar-refractivity contribution in [3.05, 3.63) is 0 Å². The van der Waals surface area contributed by atoms with Crippen LogP contribution in [0.4, 0.5) is 0 Å². The van der Waals surface area contributed by atoms with Gasteiger partial charge in [0.15, 0.2) is 0 Å². The first-order valence-electron chi connectivity index (χ1n) is 4.80. The van der Waals surface area contributed by atoms with E-state index in [0.29, 0.717) is 12.2 Å². The number of rotatable bonds is 2. The zero-order valence-corrected chi connectivity index (χ0v) is 7.57. The summed E-state index contributed by atoms with van der Waals surface area (Å²) in [6, 6.07) is 0. The van der Waals surface area contributed by atoms with Gasteiger partial charge in [0.2, 0.25) is 0 Å². The standard InChI is InChI=1S/C9H17NO2/c1-7(11)4-10-5-8-2-3-9(6-10)12-8/h7-9,11H,2-6H2,1H3/t7-,8?,9?/m1/s1. The highest BCUT2D eigenvalue weighted by atomic mass is 16.5. The van der Waals surface area contributed by atoms with Crippen LogP contribution >= 0.6 is 0 Å². The summed E-state index contributed by atoms with van der Waals surface area (Å²) < 4.78 is 5.69. The van der Waals surface area contributed by atoms with E-state index in [-0.39, 0.29) is 6.10 Å². The van der Waals surface area contributed by atoms with Gasteiger partial charge in [-0.25, -0.2) is 0 Å². The first kappa shape index (κ1) is 8.48. The van der Waals surface area contributed by atoms with E-state index in [1.807, 2.05) is 6.92 Å². The lowest BCUT2D eigenvalue weighted by atomic mass is 10.2. The van der Waals surface area contributed by atoms with Gasteiger partial charge in [-0.15, -0.1) is 0 Å². The quantitative estimate of drug-likeness (QED) is 0.645. The van der Waals surface area contributed by atoms with E-state index >= 15 is 0 Å². The van der Waals surface area contributed by atoms with Crippen LogP contribution in [0.25, 0.3) is 0 Å². The number of aliphatic hydroxyl groups excluding tert-OH is 1. The normalized spacial score (nSPS) is 38.5. The lowest BCUT2D eigenvalue weighted by Crippen LogP contribution is -2.45. The molecule has 2 unspecified atom stereocenters. The Labute approximate surface area is 73.3 Å². The van der Waals surface area contributed by atoms with Crippen LogP contribution in [0.3, 0.4) is 0 Å². The van der Waals surface area contributed by atoms with Gasteiger partial charge in [0.1, 0.15) is 0 Å². The molecule has 2 fully saturated rings. The molecule has 2 heterocycles. The van der Waals surface area contributed by atoms with E-state index in [2.05, 4.69) is 4.90 Å². The van der Waals surface area contributed by atoms with Crippen molar-refractivity contribution < 1.29 is 9.84 Å². The van der Waals surface area contributed by atoms with Crippen LogP contribution in [0, 0.1) is 0 Å². The van der Waals surface area contributed by atoms with Crippen molar-refractivity contribution in [3.8, 4) is 0 Å². The molecule has 0 aromatic heterocycles. The Hall–Kier alpha value is -0.120. The van der Waals surface area contributed by atoms with Crippen molar-refractivity contribution in [2.24, 2.45) is 0 Å². The molecule has 3 atom stereocenters. The van der Waals surface area contributed by atoms with Crippen LogP contribution in [0.15, 0.2) is 0 Å². The number of hydrogen-bond donors (Lipinski definition) is 1. The molecule has 2 aliphatic rings. The van der Waals surface area contributed by atoms with E-state index in [9.17, 15) is 5.11 Å². The largest absolute Gasteiger partial charge is 0.392 e. The average Bonchev–Trinajstić information content (AvgIpc) is 2.29. The second-order valence-electron chi connectivity index (χ2n) is 4.03. The lowest BCUT2D eigenvalue weighted by Gasteiger charge is -2.32. The highest BCUT2D eigenvalue weighted by Crippen LogP contribution is 2.25. The molecule has 0 aliphatic carbocycles. The van der Waals surface area contributed by atoms with Crippen LogP contribution in [0.2, 0.25) is 0 Å². The molecule has 2 rings (SSSR count). The molecule has 0 aromatic carbocycles. The Kier molecular flexibility index (Phi) is 2.35. The number of aliphatic hydroxyl groups is 1. The number of ether oxygens (including phenoxy) is 1. The second-order valence-corrected chi connectivity index (χ2v) is 4.03. The Morgan fingerprint density at radius 3 is 2.50 bits per heavy atom. The van der Waals surface area contributed by atoms with Crippen LogP contribution in [-0.2, 0) is 4.74 Å². The molecule has 2 saturated heterocycles. The molecule has 0 saturated carbocycles. The van der Waals surface area contributed by atoms with Gasteiger partial charge < -0.3 is 9.84 Å². The Morgan fingerprint density at radius 2 is 2.00 bits per heavy atom. The number of nitrogens with zero attached hydrogens (tertiary/aromatic N) is 1. The Balaban J connectivity index is 1.85. The maximum atomic E-state index is 9.22. The third-order valence-electron chi connectivity index (χ3n) is 2.64. The van der Waals surface area contributed by atoms with Gasteiger partial charge in [0.25, 0.3) is 0 Å². The highest BCUT2D eigenvalue weighted by molar-refractivity contribution is 4.85. The molecule has 0 radical (unpaired) electrons. The number of hydrogen-bond acceptors (Lipinski definition) is 3. The number of fused-ring (bicyclic) bond motifs is 2. The van der Waals surface area contributed by atoms with Gasteiger partial charge >= 0.3 is 0 Å². The van der Waals surface area contributed by atoms with Gasteiger partial charge in [-0.3, -0.25) is 4.90 Å². The number of likely N-dealkylation sites (tertiary alicyclic amines) is 1. The molecule has 12 heavy (non-hydrogen) atoms. The minimum absolute atomic E-state index is 0.206. The number of morpholine rings is 1. The molecule has 0 amide bonds. The van der Waals surface area contributed by atoms with E-state index in [4.69, 9.17) is 4.74 Å². The molecule has 1 N–H and O–H groups in total. The van der Waals surface area contributed by atoms with Crippen molar-refractivity contribution in [3.63, 3.8) is 0 Å². The maximum absolute atomic E-state index is 9.22.